The van der Waals surface area contributed by atoms with E-state index >= 15 is 0 Å². The number of nitrogens with two attached hydrogens (primary N) is 1. The van der Waals surface area contributed by atoms with E-state index in [2.05, 4.69) is 0 Å². The molecule has 1 amide bonds. The van der Waals surface area contributed by atoms with Gasteiger partial charge in [-0.15, -0.1) is 0 Å². The third-order valence-corrected chi connectivity index (χ3v) is 8.71. The second-order valence-electron chi connectivity index (χ2n) is 10.5. The number of Topliss-reactive ketones (excluding diaryl/α,β-unsaturated/α-hetero) is 2. The van der Waals surface area contributed by atoms with Crippen molar-refractivity contribution < 1.29 is 34.5 Å². The Balaban J connectivity index is 1.63. The normalized spacial score (nSPS) is 22.3. The van der Waals surface area contributed by atoms with E-state index in [0.29, 0.717) is 22.6 Å². The summed E-state index contributed by atoms with van der Waals surface area (Å²) >= 11 is 0.937. The van der Waals surface area contributed by atoms with Crippen molar-refractivity contribution in [2.24, 2.45) is 23.5 Å². The smallest absolute Gasteiger partial charge is 0.255 e. The van der Waals surface area contributed by atoms with Crippen LogP contribution in [-0.2, 0) is 20.8 Å². The Bertz CT molecular complexity index is 1520. The Hall–Kier alpha value is -4.05. The van der Waals surface area contributed by atoms with Crippen molar-refractivity contribution >= 4 is 45.8 Å². The van der Waals surface area contributed by atoms with Gasteiger partial charge in [0.05, 0.1) is 17.0 Å². The average Bonchev–Trinajstić information content (AvgIpc) is 2.84. The quantitative estimate of drug-likeness (QED) is 0.331. The minimum absolute atomic E-state index is 0.00224. The van der Waals surface area contributed by atoms with E-state index in [4.69, 9.17) is 5.73 Å². The standard InChI is InChI=1S/C29H28N2O7S/c1-12-4-6-15(7-5-12)39-29(38)17-11-18(31(2)3)16-9-13-8-14-10-19(32)23(28(30)37)27(36)21(14)25(34)20(13)26(35)22(16)24(17)33/h4-7,11,13-14,21,33,35-36H,8-10H2,1-3H3,(H2,30,37). The monoisotopic (exact) mass is 548 g/mol. The molecule has 9 nitrogen and oxygen atoms in total. The first-order chi connectivity index (χ1) is 18.4. The lowest BCUT2D eigenvalue weighted by molar-refractivity contribution is -0.127. The minimum atomic E-state index is -1.20. The lowest BCUT2D eigenvalue weighted by Crippen LogP contribution is -2.44. The highest BCUT2D eigenvalue weighted by molar-refractivity contribution is 8.14. The molecular weight excluding hydrogens is 520 g/mol. The molecule has 5 rings (SSSR count). The van der Waals surface area contributed by atoms with E-state index < -0.39 is 63.2 Å². The number of carbonyl (C=O) groups is 4. The molecular formula is C29H28N2O7S. The summed E-state index contributed by atoms with van der Waals surface area (Å²) in [7, 11) is 3.56. The number of aryl methyl sites for hydroxylation is 1. The summed E-state index contributed by atoms with van der Waals surface area (Å²) in [6, 6.07) is 8.94. The lowest BCUT2D eigenvalue weighted by Gasteiger charge is -2.41. The van der Waals surface area contributed by atoms with Crippen molar-refractivity contribution in [3.63, 3.8) is 0 Å². The number of aromatic hydroxyl groups is 1. The number of phenolic OH excluding ortho intramolecular Hbond substituents is 1. The highest BCUT2D eigenvalue weighted by atomic mass is 32.2. The predicted molar refractivity (Wildman–Crippen MR) is 146 cm³/mol. The van der Waals surface area contributed by atoms with Crippen LogP contribution in [0.15, 0.2) is 52.1 Å². The van der Waals surface area contributed by atoms with E-state index in [1.54, 1.807) is 37.2 Å². The number of fused-ring (bicyclic) bond motifs is 3. The molecule has 0 bridgehead atoms. The second kappa shape index (κ2) is 9.60. The summed E-state index contributed by atoms with van der Waals surface area (Å²) < 4.78 is 0. The van der Waals surface area contributed by atoms with Gasteiger partial charge in [-0.05, 0) is 67.1 Å². The number of hydrogen-bond donors (Lipinski definition) is 4. The fraction of sp³-hybridized carbons (Fsp3) is 0.310. The van der Waals surface area contributed by atoms with Gasteiger partial charge in [-0.3, -0.25) is 19.2 Å². The SMILES string of the molecule is Cc1ccc(SC(=O)c2cc(N(C)C)c3c(c2O)C(O)=C2C(=O)C4C(O)=C(C(N)=O)C(=O)CC4CC2C3)cc1. The number of allylic oxidation sites excluding steroid dienone is 2. The fourth-order valence-corrected chi connectivity index (χ4v) is 6.76. The van der Waals surface area contributed by atoms with Crippen LogP contribution in [0.25, 0.3) is 5.76 Å². The molecule has 202 valence electrons. The second-order valence-corrected chi connectivity index (χ2v) is 11.5. The topological polar surface area (TPSA) is 158 Å². The van der Waals surface area contributed by atoms with Gasteiger partial charge in [0.15, 0.2) is 11.6 Å². The van der Waals surface area contributed by atoms with Crippen molar-refractivity contribution in [3.8, 4) is 5.75 Å². The first-order valence-electron chi connectivity index (χ1n) is 12.5. The number of ketones is 2. The Kier molecular flexibility index (Phi) is 6.54. The van der Waals surface area contributed by atoms with Crippen LogP contribution in [0.5, 0.6) is 5.75 Å². The van der Waals surface area contributed by atoms with Gasteiger partial charge >= 0.3 is 0 Å². The molecule has 0 spiro atoms. The van der Waals surface area contributed by atoms with E-state index in [9.17, 15) is 34.5 Å². The number of phenols is 1. The molecule has 3 unspecified atom stereocenters. The Morgan fingerprint density at radius 3 is 2.33 bits per heavy atom. The Labute approximate surface area is 229 Å². The first-order valence-corrected chi connectivity index (χ1v) is 13.3. The van der Waals surface area contributed by atoms with Crippen LogP contribution in [-0.4, -0.2) is 52.0 Å². The van der Waals surface area contributed by atoms with Gasteiger partial charge < -0.3 is 26.0 Å². The molecule has 1 saturated carbocycles. The molecule has 0 saturated heterocycles. The largest absolute Gasteiger partial charge is 0.511 e. The zero-order chi connectivity index (χ0) is 28.3. The highest BCUT2D eigenvalue weighted by Gasteiger charge is 2.51. The van der Waals surface area contributed by atoms with Crippen molar-refractivity contribution in [2.75, 3.05) is 19.0 Å². The molecule has 2 aromatic carbocycles. The third kappa shape index (κ3) is 4.28. The molecule has 0 aliphatic heterocycles. The van der Waals surface area contributed by atoms with Gasteiger partial charge in [0.25, 0.3) is 5.91 Å². The third-order valence-electron chi connectivity index (χ3n) is 7.80. The summed E-state index contributed by atoms with van der Waals surface area (Å²) in [6.07, 6.45) is 0.450. The summed E-state index contributed by atoms with van der Waals surface area (Å²) in [5.74, 6) is -6.15. The molecule has 3 aliphatic carbocycles. The number of rotatable bonds is 4. The van der Waals surface area contributed by atoms with Gasteiger partial charge in [0.1, 0.15) is 22.8 Å². The Morgan fingerprint density at radius 1 is 1.05 bits per heavy atom. The van der Waals surface area contributed by atoms with Crippen molar-refractivity contribution in [1.29, 1.82) is 0 Å². The number of carbonyl (C=O) groups excluding carboxylic acids is 4. The van der Waals surface area contributed by atoms with Crippen LogP contribution in [0.4, 0.5) is 5.69 Å². The number of nitrogens with zero attached hydrogens (tertiary/aromatic N) is 1. The van der Waals surface area contributed by atoms with Crippen molar-refractivity contribution in [2.45, 2.75) is 31.1 Å². The molecule has 3 atom stereocenters. The van der Waals surface area contributed by atoms with Crippen LogP contribution in [0, 0.1) is 24.7 Å². The van der Waals surface area contributed by atoms with E-state index in [0.717, 1.165) is 17.3 Å². The minimum Gasteiger partial charge on any atom is -0.511 e. The number of anilines is 1. The number of aliphatic hydroxyl groups is 2. The summed E-state index contributed by atoms with van der Waals surface area (Å²) in [5.41, 5.74) is 6.91. The zero-order valence-corrected chi connectivity index (χ0v) is 22.5. The molecule has 0 radical (unpaired) electrons. The molecule has 2 aromatic rings. The number of primary amides is 1. The number of amides is 1. The van der Waals surface area contributed by atoms with E-state index in [-0.39, 0.29) is 29.5 Å². The van der Waals surface area contributed by atoms with Gasteiger partial charge in [-0.2, -0.15) is 0 Å². The number of hydrogen-bond acceptors (Lipinski definition) is 9. The van der Waals surface area contributed by atoms with Gasteiger partial charge in [0.2, 0.25) is 5.12 Å². The van der Waals surface area contributed by atoms with Gasteiger partial charge in [0, 0.05) is 36.7 Å². The molecule has 3 aliphatic rings. The molecule has 0 aromatic heterocycles. The summed E-state index contributed by atoms with van der Waals surface area (Å²) in [6.45, 7) is 1.93. The Morgan fingerprint density at radius 2 is 1.72 bits per heavy atom. The summed E-state index contributed by atoms with van der Waals surface area (Å²) in [4.78, 5) is 53.7. The van der Waals surface area contributed by atoms with E-state index in [1.807, 2.05) is 19.1 Å². The average molecular weight is 549 g/mol. The molecule has 0 heterocycles. The maximum absolute atomic E-state index is 13.7. The maximum Gasteiger partial charge on any atom is 0.255 e. The first kappa shape index (κ1) is 26.6. The zero-order valence-electron chi connectivity index (χ0n) is 21.6. The molecule has 39 heavy (non-hydrogen) atoms. The fourth-order valence-electron chi connectivity index (χ4n) is 6.01. The number of benzene rings is 2. The van der Waals surface area contributed by atoms with E-state index in [1.165, 1.54) is 0 Å². The highest BCUT2D eigenvalue weighted by Crippen LogP contribution is 2.52. The van der Waals surface area contributed by atoms with Crippen LogP contribution in [0.2, 0.25) is 0 Å². The number of thioether (sulfide) groups is 1. The van der Waals surface area contributed by atoms with Crippen molar-refractivity contribution in [3.05, 3.63) is 69.5 Å². The lowest BCUT2D eigenvalue weighted by atomic mass is 9.61. The van der Waals surface area contributed by atoms with Crippen molar-refractivity contribution in [1.82, 2.24) is 0 Å². The maximum atomic E-state index is 13.7. The van der Waals surface area contributed by atoms with Crippen LogP contribution in [0.1, 0.15) is 39.9 Å². The van der Waals surface area contributed by atoms with Crippen LogP contribution >= 0.6 is 11.8 Å². The van der Waals surface area contributed by atoms with Crippen LogP contribution < -0.4 is 10.6 Å². The molecule has 10 heteroatoms. The van der Waals surface area contributed by atoms with Gasteiger partial charge in [-0.25, -0.2) is 0 Å². The van der Waals surface area contributed by atoms with Gasteiger partial charge in [-0.1, -0.05) is 17.7 Å². The number of aliphatic hydroxyl groups excluding tert-OH is 2. The molecule has 1 fully saturated rings. The summed E-state index contributed by atoms with van der Waals surface area (Å²) in [5, 5.41) is 33.0. The predicted octanol–water partition coefficient (Wildman–Crippen LogP) is 3.62. The van der Waals surface area contributed by atoms with Crippen LogP contribution in [0.3, 0.4) is 0 Å². The molecule has 5 N–H and O–H groups in total.